The van der Waals surface area contributed by atoms with Gasteiger partial charge in [-0.05, 0) is 29.8 Å². The first-order valence-corrected chi connectivity index (χ1v) is 9.57. The minimum atomic E-state index is -3.58. The highest BCUT2D eigenvalue weighted by molar-refractivity contribution is 7.92. The molecular weight excluding hydrogens is 371 g/mol. The van der Waals surface area contributed by atoms with Crippen molar-refractivity contribution >= 4 is 44.8 Å². The summed E-state index contributed by atoms with van der Waals surface area (Å²) >= 11 is 12.1. The third-order valence-corrected chi connectivity index (χ3v) is 5.30. The van der Waals surface area contributed by atoms with Crippen molar-refractivity contribution in [3.8, 4) is 0 Å². The van der Waals surface area contributed by atoms with Crippen LogP contribution in [-0.2, 0) is 16.6 Å². The monoisotopic (exact) mass is 386 g/mol. The molecule has 0 unspecified atom stereocenters. The SMILES string of the molecule is CNC(=O)c1ccc(CN(c2cccc(Cl)c2Cl)S(C)(=O)=O)cc1. The molecule has 0 aliphatic rings. The summed E-state index contributed by atoms with van der Waals surface area (Å²) in [6.45, 7) is 0.0763. The van der Waals surface area contributed by atoms with Gasteiger partial charge in [-0.15, -0.1) is 0 Å². The molecule has 0 aliphatic carbocycles. The van der Waals surface area contributed by atoms with Crippen LogP contribution in [0.5, 0.6) is 0 Å². The lowest BCUT2D eigenvalue weighted by atomic mass is 10.1. The van der Waals surface area contributed by atoms with Gasteiger partial charge in [0.25, 0.3) is 5.91 Å². The Morgan fingerprint density at radius 1 is 1.12 bits per heavy atom. The number of sulfonamides is 1. The average molecular weight is 387 g/mol. The van der Waals surface area contributed by atoms with E-state index in [1.807, 2.05) is 0 Å². The fourth-order valence-corrected chi connectivity index (χ4v) is 3.48. The van der Waals surface area contributed by atoms with Crippen molar-refractivity contribution < 1.29 is 13.2 Å². The highest BCUT2D eigenvalue weighted by Crippen LogP contribution is 2.34. The Labute approximate surface area is 151 Å². The van der Waals surface area contributed by atoms with Gasteiger partial charge in [0.15, 0.2) is 0 Å². The Morgan fingerprint density at radius 2 is 1.75 bits per heavy atom. The summed E-state index contributed by atoms with van der Waals surface area (Å²) in [7, 11) is -2.03. The molecule has 0 atom stereocenters. The molecule has 2 aromatic rings. The fraction of sp³-hybridized carbons (Fsp3) is 0.188. The lowest BCUT2D eigenvalue weighted by Crippen LogP contribution is -2.29. The number of rotatable bonds is 5. The second kappa shape index (κ2) is 7.42. The smallest absolute Gasteiger partial charge is 0.251 e. The van der Waals surface area contributed by atoms with Gasteiger partial charge >= 0.3 is 0 Å². The predicted molar refractivity (Wildman–Crippen MR) is 97.3 cm³/mol. The number of anilines is 1. The van der Waals surface area contributed by atoms with Crippen molar-refractivity contribution in [3.05, 3.63) is 63.6 Å². The molecule has 5 nitrogen and oxygen atoms in total. The highest BCUT2D eigenvalue weighted by Gasteiger charge is 2.21. The molecule has 0 radical (unpaired) electrons. The van der Waals surface area contributed by atoms with E-state index in [4.69, 9.17) is 23.2 Å². The largest absolute Gasteiger partial charge is 0.355 e. The molecule has 2 rings (SSSR count). The fourth-order valence-electron chi connectivity index (χ4n) is 2.14. The van der Waals surface area contributed by atoms with Crippen LogP contribution >= 0.6 is 23.2 Å². The van der Waals surface area contributed by atoms with Gasteiger partial charge in [-0.3, -0.25) is 9.10 Å². The first-order valence-electron chi connectivity index (χ1n) is 6.97. The van der Waals surface area contributed by atoms with Crippen molar-refractivity contribution in [2.45, 2.75) is 6.54 Å². The van der Waals surface area contributed by atoms with E-state index >= 15 is 0 Å². The molecule has 0 saturated heterocycles. The average Bonchev–Trinajstić information content (AvgIpc) is 2.54. The number of nitrogens with one attached hydrogen (secondary N) is 1. The normalized spacial score (nSPS) is 11.2. The molecule has 1 amide bonds. The molecular formula is C16H16Cl2N2O3S. The molecule has 0 heterocycles. The van der Waals surface area contributed by atoms with Gasteiger partial charge in [-0.25, -0.2) is 8.42 Å². The van der Waals surface area contributed by atoms with Crippen molar-refractivity contribution in [2.75, 3.05) is 17.6 Å². The number of hydrogen-bond donors (Lipinski definition) is 1. The molecule has 0 spiro atoms. The number of nitrogens with zero attached hydrogens (tertiary/aromatic N) is 1. The number of amides is 1. The van der Waals surface area contributed by atoms with Gasteiger partial charge in [0.1, 0.15) is 0 Å². The van der Waals surface area contributed by atoms with Crippen LogP contribution in [0.4, 0.5) is 5.69 Å². The molecule has 128 valence electrons. The lowest BCUT2D eigenvalue weighted by molar-refractivity contribution is 0.0963. The first-order chi connectivity index (χ1) is 11.2. The van der Waals surface area contributed by atoms with Crippen LogP contribution in [0.2, 0.25) is 10.0 Å². The van der Waals surface area contributed by atoms with Gasteiger partial charge in [0.2, 0.25) is 10.0 Å². The van der Waals surface area contributed by atoms with E-state index in [1.165, 1.54) is 4.31 Å². The Kier molecular flexibility index (Phi) is 5.74. The predicted octanol–water partition coefficient (Wildman–Crippen LogP) is 3.32. The van der Waals surface area contributed by atoms with Crippen LogP contribution in [-0.4, -0.2) is 27.6 Å². The molecule has 1 N–H and O–H groups in total. The molecule has 2 aromatic carbocycles. The number of halogens is 2. The quantitative estimate of drug-likeness (QED) is 0.856. The molecule has 0 aromatic heterocycles. The molecule has 0 fully saturated rings. The standard InChI is InChI=1S/C16H16Cl2N2O3S/c1-19-16(21)12-8-6-11(7-9-12)10-20(24(2,22)23)14-5-3-4-13(17)15(14)18/h3-9H,10H2,1-2H3,(H,19,21). The zero-order chi connectivity index (χ0) is 17.9. The van der Waals surface area contributed by atoms with Crippen molar-refractivity contribution in [1.29, 1.82) is 0 Å². The number of carbonyl (C=O) groups excluding carboxylic acids is 1. The van der Waals surface area contributed by atoms with Crippen molar-refractivity contribution in [1.82, 2.24) is 5.32 Å². The Bertz CT molecular complexity index is 852. The number of carbonyl (C=O) groups is 1. The van der Waals surface area contributed by atoms with Crippen LogP contribution in [0.1, 0.15) is 15.9 Å². The maximum atomic E-state index is 12.2. The van der Waals surface area contributed by atoms with Crippen LogP contribution in [0.3, 0.4) is 0 Å². The third kappa shape index (κ3) is 4.20. The zero-order valence-electron chi connectivity index (χ0n) is 13.1. The van der Waals surface area contributed by atoms with Gasteiger partial charge in [0, 0.05) is 12.6 Å². The molecule has 0 aliphatic heterocycles. The molecule has 0 bridgehead atoms. The minimum absolute atomic E-state index is 0.0763. The van der Waals surface area contributed by atoms with Gasteiger partial charge in [-0.1, -0.05) is 41.4 Å². The Hall–Kier alpha value is -1.76. The second-order valence-corrected chi connectivity index (χ2v) is 7.81. The maximum absolute atomic E-state index is 12.2. The highest BCUT2D eigenvalue weighted by atomic mass is 35.5. The zero-order valence-corrected chi connectivity index (χ0v) is 15.4. The number of hydrogen-bond acceptors (Lipinski definition) is 3. The van der Waals surface area contributed by atoms with E-state index in [0.29, 0.717) is 16.8 Å². The van der Waals surface area contributed by atoms with Gasteiger partial charge < -0.3 is 5.32 Å². The Morgan fingerprint density at radius 3 is 2.29 bits per heavy atom. The second-order valence-electron chi connectivity index (χ2n) is 5.12. The van der Waals surface area contributed by atoms with E-state index in [1.54, 1.807) is 49.5 Å². The van der Waals surface area contributed by atoms with Crippen molar-refractivity contribution in [2.24, 2.45) is 0 Å². The van der Waals surface area contributed by atoms with E-state index in [0.717, 1.165) is 6.26 Å². The third-order valence-electron chi connectivity index (χ3n) is 3.37. The summed E-state index contributed by atoms with van der Waals surface area (Å²) < 4.78 is 25.5. The summed E-state index contributed by atoms with van der Waals surface area (Å²) in [6, 6.07) is 11.5. The lowest BCUT2D eigenvalue weighted by Gasteiger charge is -2.24. The van der Waals surface area contributed by atoms with E-state index in [9.17, 15) is 13.2 Å². The molecule has 8 heteroatoms. The minimum Gasteiger partial charge on any atom is -0.355 e. The van der Waals surface area contributed by atoms with Crippen LogP contribution in [0.15, 0.2) is 42.5 Å². The van der Waals surface area contributed by atoms with Gasteiger partial charge in [-0.2, -0.15) is 0 Å². The van der Waals surface area contributed by atoms with E-state index in [-0.39, 0.29) is 22.5 Å². The summed E-state index contributed by atoms with van der Waals surface area (Å²) in [5.74, 6) is -0.209. The maximum Gasteiger partial charge on any atom is 0.251 e. The summed E-state index contributed by atoms with van der Waals surface area (Å²) in [5.41, 5.74) is 1.51. The summed E-state index contributed by atoms with van der Waals surface area (Å²) in [6.07, 6.45) is 1.10. The van der Waals surface area contributed by atoms with Crippen LogP contribution in [0.25, 0.3) is 0 Å². The van der Waals surface area contributed by atoms with E-state index < -0.39 is 10.0 Å². The van der Waals surface area contributed by atoms with Crippen LogP contribution < -0.4 is 9.62 Å². The first kappa shape index (κ1) is 18.6. The summed E-state index contributed by atoms with van der Waals surface area (Å²) in [4.78, 5) is 11.6. The summed E-state index contributed by atoms with van der Waals surface area (Å²) in [5, 5.41) is 2.98. The van der Waals surface area contributed by atoms with Gasteiger partial charge in [0.05, 0.1) is 28.5 Å². The van der Waals surface area contributed by atoms with Crippen LogP contribution in [0, 0.1) is 0 Å². The van der Waals surface area contributed by atoms with Crippen molar-refractivity contribution in [3.63, 3.8) is 0 Å². The topological polar surface area (TPSA) is 66.5 Å². The molecule has 24 heavy (non-hydrogen) atoms. The van der Waals surface area contributed by atoms with E-state index in [2.05, 4.69) is 5.32 Å². The molecule has 0 saturated carbocycles. The Balaban J connectivity index is 2.37. The number of benzene rings is 2.